The van der Waals surface area contributed by atoms with Crippen LogP contribution in [0.15, 0.2) is 52.4 Å². The Morgan fingerprint density at radius 3 is 2.40 bits per heavy atom. The minimum Gasteiger partial charge on any atom is -0.353 e. The van der Waals surface area contributed by atoms with Gasteiger partial charge in [0.1, 0.15) is 0 Å². The highest BCUT2D eigenvalue weighted by molar-refractivity contribution is 7.99. The zero-order chi connectivity index (χ0) is 24.4. The third-order valence-electron chi connectivity index (χ3n) is 6.86. The van der Waals surface area contributed by atoms with Gasteiger partial charge in [-0.15, -0.1) is 10.2 Å². The molecule has 0 atom stereocenters. The fourth-order valence-electron chi connectivity index (χ4n) is 5.13. The van der Waals surface area contributed by atoms with E-state index in [0.29, 0.717) is 16.3 Å². The zero-order valence-electron chi connectivity index (χ0n) is 20.3. The Bertz CT molecular complexity index is 1410. The molecule has 1 saturated carbocycles. The molecular weight excluding hydrogens is 458 g/mol. The predicted molar refractivity (Wildman–Crippen MR) is 141 cm³/mol. The minimum absolute atomic E-state index is 0.0182. The highest BCUT2D eigenvalue weighted by atomic mass is 32.2. The third-order valence-corrected chi connectivity index (χ3v) is 7.79. The number of rotatable bonds is 5. The van der Waals surface area contributed by atoms with E-state index in [0.717, 1.165) is 35.2 Å². The number of hydrogen-bond donors (Lipinski definition) is 1. The monoisotopic (exact) mass is 489 g/mol. The molecule has 35 heavy (non-hydrogen) atoms. The van der Waals surface area contributed by atoms with Gasteiger partial charge in [-0.25, -0.2) is 4.57 Å². The van der Waals surface area contributed by atoms with Crippen molar-refractivity contribution in [3.05, 3.63) is 63.9 Å². The second kappa shape index (κ2) is 10.2. The number of nitrogens with one attached hydrogen (secondary N) is 1. The van der Waals surface area contributed by atoms with E-state index in [1.54, 1.807) is 4.57 Å². The van der Waals surface area contributed by atoms with Crippen LogP contribution in [0.25, 0.3) is 22.4 Å². The molecule has 182 valence electrons. The maximum atomic E-state index is 13.6. The molecule has 0 unspecified atom stereocenters. The van der Waals surface area contributed by atoms with Gasteiger partial charge in [-0.1, -0.05) is 74.2 Å². The smallest absolute Gasteiger partial charge is 0.267 e. The highest BCUT2D eigenvalue weighted by Gasteiger charge is 2.21. The number of aryl methyl sites for hydroxylation is 2. The van der Waals surface area contributed by atoms with Gasteiger partial charge in [-0.05, 0) is 49.9 Å². The van der Waals surface area contributed by atoms with Crippen molar-refractivity contribution in [3.8, 4) is 5.69 Å². The summed E-state index contributed by atoms with van der Waals surface area (Å²) in [7, 11) is 0. The largest absolute Gasteiger partial charge is 0.353 e. The van der Waals surface area contributed by atoms with Crippen molar-refractivity contribution in [2.24, 2.45) is 0 Å². The maximum Gasteiger partial charge on any atom is 0.267 e. The van der Waals surface area contributed by atoms with Crippen molar-refractivity contribution >= 4 is 34.3 Å². The molecule has 0 radical (unpaired) electrons. The summed E-state index contributed by atoms with van der Waals surface area (Å²) < 4.78 is 3.55. The van der Waals surface area contributed by atoms with Crippen molar-refractivity contribution in [2.75, 3.05) is 5.75 Å². The maximum absolute atomic E-state index is 13.6. The number of carbonyl (C=O) groups excluding carboxylic acids is 1. The number of fused-ring (bicyclic) bond motifs is 3. The zero-order valence-corrected chi connectivity index (χ0v) is 21.1. The normalized spacial score (nSPS) is 15.3. The van der Waals surface area contributed by atoms with Gasteiger partial charge in [0.05, 0.1) is 22.3 Å². The van der Waals surface area contributed by atoms with Gasteiger partial charge in [0.15, 0.2) is 5.16 Å². The van der Waals surface area contributed by atoms with Crippen molar-refractivity contribution in [3.63, 3.8) is 0 Å². The van der Waals surface area contributed by atoms with Crippen molar-refractivity contribution < 1.29 is 4.79 Å². The van der Waals surface area contributed by atoms with E-state index in [9.17, 15) is 9.59 Å². The Hall–Kier alpha value is -3.13. The minimum atomic E-state index is -0.128. The molecule has 0 aliphatic heterocycles. The number of amides is 1. The van der Waals surface area contributed by atoms with Gasteiger partial charge in [-0.3, -0.25) is 14.0 Å². The summed E-state index contributed by atoms with van der Waals surface area (Å²) in [6, 6.07) is 13.7. The summed E-state index contributed by atoms with van der Waals surface area (Å²) in [6.07, 6.45) is 8.26. The molecule has 0 saturated heterocycles. The Labute approximate surface area is 208 Å². The summed E-state index contributed by atoms with van der Waals surface area (Å²) in [5.74, 6) is 0.729. The molecule has 2 heterocycles. The summed E-state index contributed by atoms with van der Waals surface area (Å²) in [6.45, 7) is 3.98. The summed E-state index contributed by atoms with van der Waals surface area (Å²) in [5.41, 5.74) is 3.40. The van der Waals surface area contributed by atoms with E-state index >= 15 is 0 Å². The Balaban J connectivity index is 1.50. The Morgan fingerprint density at radius 2 is 1.66 bits per heavy atom. The summed E-state index contributed by atoms with van der Waals surface area (Å²) in [5, 5.41) is 13.3. The second-order valence-electron chi connectivity index (χ2n) is 9.41. The lowest BCUT2D eigenvalue weighted by Crippen LogP contribution is -2.36. The SMILES string of the molecule is Cc1cccc(C)c1-n1c(=O)c2ccccc2n2c(SCC(=O)NC3CCCCCCC3)nnc12. The Morgan fingerprint density at radius 1 is 0.971 bits per heavy atom. The van der Waals surface area contributed by atoms with Gasteiger partial charge < -0.3 is 5.32 Å². The van der Waals surface area contributed by atoms with Crippen molar-refractivity contribution in [1.82, 2.24) is 24.5 Å². The van der Waals surface area contributed by atoms with Crippen LogP contribution in [0.3, 0.4) is 0 Å². The van der Waals surface area contributed by atoms with Gasteiger partial charge in [0.25, 0.3) is 5.56 Å². The van der Waals surface area contributed by atoms with Crippen LogP contribution in [0.5, 0.6) is 0 Å². The number of benzene rings is 2. The molecule has 1 aliphatic carbocycles. The molecule has 7 nitrogen and oxygen atoms in total. The van der Waals surface area contributed by atoms with Gasteiger partial charge in [0, 0.05) is 6.04 Å². The molecule has 5 rings (SSSR count). The van der Waals surface area contributed by atoms with Crippen LogP contribution >= 0.6 is 11.8 Å². The fraction of sp³-hybridized carbons (Fsp3) is 0.407. The molecular formula is C27H31N5O2S. The number of carbonyl (C=O) groups is 1. The van der Waals surface area contributed by atoms with E-state index < -0.39 is 0 Å². The van der Waals surface area contributed by atoms with Crippen LogP contribution in [0.4, 0.5) is 0 Å². The number of nitrogens with zero attached hydrogens (tertiary/aromatic N) is 4. The van der Waals surface area contributed by atoms with E-state index in [2.05, 4.69) is 15.5 Å². The second-order valence-corrected chi connectivity index (χ2v) is 10.4. The average molecular weight is 490 g/mol. The predicted octanol–water partition coefficient (Wildman–Crippen LogP) is 4.97. The lowest BCUT2D eigenvalue weighted by Gasteiger charge is -2.20. The molecule has 1 aliphatic rings. The number of thioether (sulfide) groups is 1. The molecule has 8 heteroatoms. The summed E-state index contributed by atoms with van der Waals surface area (Å²) in [4.78, 5) is 26.4. The van der Waals surface area contributed by atoms with Crippen LogP contribution < -0.4 is 10.9 Å². The lowest BCUT2D eigenvalue weighted by molar-refractivity contribution is -0.119. The first-order valence-corrected chi connectivity index (χ1v) is 13.4. The fourth-order valence-corrected chi connectivity index (χ4v) is 5.88. The number of aromatic nitrogens is 4. The molecule has 4 aromatic rings. The molecule has 0 spiro atoms. The Kier molecular flexibility index (Phi) is 6.90. The first-order chi connectivity index (χ1) is 17.0. The average Bonchev–Trinajstić information content (AvgIpc) is 3.25. The molecule has 2 aromatic heterocycles. The van der Waals surface area contributed by atoms with Crippen LogP contribution in [0.1, 0.15) is 56.1 Å². The quantitative estimate of drug-likeness (QED) is 0.400. The van der Waals surface area contributed by atoms with E-state index in [1.807, 2.05) is 60.7 Å². The standard InChI is InChI=1S/C27H31N5O2S/c1-18-11-10-12-19(2)24(18)32-25(34)21-15-8-9-16-22(21)31-26(32)29-30-27(31)35-17-23(33)28-20-13-6-4-3-5-7-14-20/h8-12,15-16,20H,3-7,13-14,17H2,1-2H3,(H,28,33). The molecule has 1 amide bonds. The first-order valence-electron chi connectivity index (χ1n) is 12.4. The van der Waals surface area contributed by atoms with E-state index in [4.69, 9.17) is 0 Å². The van der Waals surface area contributed by atoms with Gasteiger partial charge >= 0.3 is 0 Å². The lowest BCUT2D eigenvalue weighted by atomic mass is 9.97. The van der Waals surface area contributed by atoms with Crippen LogP contribution in [0, 0.1) is 13.8 Å². The molecule has 1 fully saturated rings. The topological polar surface area (TPSA) is 81.3 Å². The summed E-state index contributed by atoms with van der Waals surface area (Å²) >= 11 is 1.36. The number of para-hydroxylation sites is 2. The highest BCUT2D eigenvalue weighted by Crippen LogP contribution is 2.26. The van der Waals surface area contributed by atoms with E-state index in [-0.39, 0.29) is 23.3 Å². The van der Waals surface area contributed by atoms with Gasteiger partial charge in [-0.2, -0.15) is 0 Å². The third kappa shape index (κ3) is 4.72. The molecule has 0 bridgehead atoms. The van der Waals surface area contributed by atoms with Crippen LogP contribution in [0.2, 0.25) is 0 Å². The van der Waals surface area contributed by atoms with Crippen molar-refractivity contribution in [2.45, 2.75) is 70.0 Å². The molecule has 1 N–H and O–H groups in total. The van der Waals surface area contributed by atoms with E-state index in [1.165, 1.54) is 43.9 Å². The van der Waals surface area contributed by atoms with Crippen LogP contribution in [-0.4, -0.2) is 36.9 Å². The number of hydrogen-bond acceptors (Lipinski definition) is 5. The first kappa shape index (κ1) is 23.6. The molecule has 2 aromatic carbocycles. The van der Waals surface area contributed by atoms with Crippen LogP contribution in [-0.2, 0) is 4.79 Å². The van der Waals surface area contributed by atoms with Crippen molar-refractivity contribution in [1.29, 1.82) is 0 Å². The van der Waals surface area contributed by atoms with Gasteiger partial charge in [0.2, 0.25) is 11.7 Å².